The zero-order valence-corrected chi connectivity index (χ0v) is 16.5. The highest BCUT2D eigenvalue weighted by Gasteiger charge is 2.08. The third-order valence-corrected chi connectivity index (χ3v) is 4.79. The monoisotopic (exact) mass is 389 g/mol. The molecule has 0 saturated carbocycles. The molecule has 0 amide bonds. The van der Waals surface area contributed by atoms with Crippen LogP contribution in [0.2, 0.25) is 5.02 Å². The third kappa shape index (κ3) is 4.10. The summed E-state index contributed by atoms with van der Waals surface area (Å²) in [4.78, 5) is 4.14. The Morgan fingerprint density at radius 1 is 0.786 bits per heavy atom. The van der Waals surface area contributed by atoms with Crippen LogP contribution in [0.5, 0.6) is 23.1 Å². The first-order chi connectivity index (χ1) is 13.6. The van der Waals surface area contributed by atoms with E-state index < -0.39 is 0 Å². The van der Waals surface area contributed by atoms with E-state index in [0.29, 0.717) is 28.3 Å². The molecule has 0 bridgehead atoms. The summed E-state index contributed by atoms with van der Waals surface area (Å²) in [7, 11) is 0. The zero-order valence-electron chi connectivity index (χ0n) is 15.7. The number of nitrogens with zero attached hydrogens (tertiary/aromatic N) is 1. The van der Waals surface area contributed by atoms with Gasteiger partial charge in [-0.3, -0.25) is 0 Å². The molecule has 0 saturated heterocycles. The van der Waals surface area contributed by atoms with Crippen LogP contribution in [-0.2, 0) is 0 Å². The number of fused-ring (bicyclic) bond motifs is 1. The molecule has 4 aromatic rings. The molecule has 1 aromatic heterocycles. The van der Waals surface area contributed by atoms with Crippen molar-refractivity contribution < 1.29 is 9.47 Å². The van der Waals surface area contributed by atoms with Crippen LogP contribution in [0, 0.1) is 0 Å². The largest absolute Gasteiger partial charge is 0.456 e. The molecule has 0 N–H and O–H groups in total. The molecular weight excluding hydrogens is 370 g/mol. The van der Waals surface area contributed by atoms with Gasteiger partial charge >= 0.3 is 0 Å². The maximum Gasteiger partial charge on any atom is 0.219 e. The fourth-order valence-electron chi connectivity index (χ4n) is 2.95. The maximum absolute atomic E-state index is 6.39. The van der Waals surface area contributed by atoms with Gasteiger partial charge in [-0.25, -0.2) is 4.98 Å². The summed E-state index contributed by atoms with van der Waals surface area (Å²) in [6.45, 7) is 4.39. The number of hydrogen-bond donors (Lipinski definition) is 0. The number of halogens is 1. The van der Waals surface area contributed by atoms with Crippen molar-refractivity contribution in [1.82, 2.24) is 4.98 Å². The van der Waals surface area contributed by atoms with Crippen molar-refractivity contribution >= 4 is 22.4 Å². The highest BCUT2D eigenvalue weighted by molar-refractivity contribution is 6.32. The predicted molar refractivity (Wildman–Crippen MR) is 114 cm³/mol. The Bertz CT molecular complexity index is 1110. The highest BCUT2D eigenvalue weighted by atomic mass is 35.5. The fraction of sp³-hybridized carbons (Fsp3) is 0.125. The Balaban J connectivity index is 1.54. The van der Waals surface area contributed by atoms with Crippen molar-refractivity contribution in [3.63, 3.8) is 0 Å². The van der Waals surface area contributed by atoms with Gasteiger partial charge in [-0.1, -0.05) is 55.8 Å². The molecule has 0 aliphatic carbocycles. The average Bonchev–Trinajstić information content (AvgIpc) is 2.70. The first kappa shape index (κ1) is 18.3. The van der Waals surface area contributed by atoms with Gasteiger partial charge in [-0.2, -0.15) is 0 Å². The number of hydrogen-bond acceptors (Lipinski definition) is 3. The SMILES string of the molecule is CC(C)c1ccc2cc(Oc3ccc(Oc4ccccn4)cc3Cl)ccc2c1. The van der Waals surface area contributed by atoms with E-state index in [2.05, 4.69) is 43.1 Å². The molecule has 0 aliphatic rings. The minimum atomic E-state index is 0.476. The summed E-state index contributed by atoms with van der Waals surface area (Å²) < 4.78 is 11.7. The molecule has 3 aromatic carbocycles. The molecular formula is C24H20ClNO2. The Labute approximate surface area is 169 Å². The summed E-state index contributed by atoms with van der Waals surface area (Å²) in [5, 5.41) is 2.81. The van der Waals surface area contributed by atoms with Gasteiger partial charge in [0, 0.05) is 18.3 Å². The van der Waals surface area contributed by atoms with Crippen molar-refractivity contribution in [2.24, 2.45) is 0 Å². The molecule has 0 unspecified atom stereocenters. The molecule has 140 valence electrons. The summed E-state index contributed by atoms with van der Waals surface area (Å²) in [5.74, 6) is 2.95. The lowest BCUT2D eigenvalue weighted by atomic mass is 9.99. The number of ether oxygens (including phenoxy) is 2. The first-order valence-corrected chi connectivity index (χ1v) is 9.56. The number of benzene rings is 3. The van der Waals surface area contributed by atoms with Crippen LogP contribution in [0.15, 0.2) is 79.0 Å². The predicted octanol–water partition coefficient (Wildman–Crippen LogP) is 7.60. The molecule has 1 heterocycles. The summed E-state index contributed by atoms with van der Waals surface area (Å²) >= 11 is 6.39. The zero-order chi connectivity index (χ0) is 19.5. The van der Waals surface area contributed by atoms with E-state index in [0.717, 1.165) is 11.1 Å². The lowest BCUT2D eigenvalue weighted by Crippen LogP contribution is -1.90. The van der Waals surface area contributed by atoms with Gasteiger partial charge in [0.05, 0.1) is 5.02 Å². The third-order valence-electron chi connectivity index (χ3n) is 4.49. The molecule has 4 heteroatoms. The number of rotatable bonds is 5. The minimum Gasteiger partial charge on any atom is -0.456 e. The van der Waals surface area contributed by atoms with E-state index in [1.165, 1.54) is 10.9 Å². The second kappa shape index (κ2) is 7.91. The second-order valence-corrected chi connectivity index (χ2v) is 7.29. The van der Waals surface area contributed by atoms with Crippen LogP contribution in [0.4, 0.5) is 0 Å². The summed E-state index contributed by atoms with van der Waals surface area (Å²) in [6, 6.07) is 23.4. The molecule has 0 fully saturated rings. The first-order valence-electron chi connectivity index (χ1n) is 9.18. The van der Waals surface area contributed by atoms with Crippen molar-refractivity contribution in [1.29, 1.82) is 0 Å². The van der Waals surface area contributed by atoms with Gasteiger partial charge in [0.1, 0.15) is 17.2 Å². The fourth-order valence-corrected chi connectivity index (χ4v) is 3.16. The van der Waals surface area contributed by atoms with Crippen LogP contribution in [-0.4, -0.2) is 4.98 Å². The lowest BCUT2D eigenvalue weighted by Gasteiger charge is -2.11. The topological polar surface area (TPSA) is 31.4 Å². The quantitative estimate of drug-likeness (QED) is 0.352. The molecule has 3 nitrogen and oxygen atoms in total. The Hall–Kier alpha value is -3.04. The second-order valence-electron chi connectivity index (χ2n) is 6.89. The van der Waals surface area contributed by atoms with E-state index in [9.17, 15) is 0 Å². The van der Waals surface area contributed by atoms with Gasteiger partial charge in [0.2, 0.25) is 5.88 Å². The molecule has 4 rings (SSSR count). The van der Waals surface area contributed by atoms with E-state index in [1.807, 2.05) is 30.3 Å². The van der Waals surface area contributed by atoms with Gasteiger partial charge in [-0.05, 0) is 52.6 Å². The van der Waals surface area contributed by atoms with E-state index >= 15 is 0 Å². The van der Waals surface area contributed by atoms with Crippen molar-refractivity contribution in [2.45, 2.75) is 19.8 Å². The highest BCUT2D eigenvalue weighted by Crippen LogP contribution is 2.35. The van der Waals surface area contributed by atoms with Crippen molar-refractivity contribution in [2.75, 3.05) is 0 Å². The Kier molecular flexibility index (Phi) is 5.18. The van der Waals surface area contributed by atoms with Crippen molar-refractivity contribution in [3.8, 4) is 23.1 Å². The summed E-state index contributed by atoms with van der Waals surface area (Å²) in [5.41, 5.74) is 1.33. The van der Waals surface area contributed by atoms with Crippen LogP contribution in [0.1, 0.15) is 25.3 Å². The molecule has 0 spiro atoms. The van der Waals surface area contributed by atoms with Crippen molar-refractivity contribution in [3.05, 3.63) is 89.6 Å². The summed E-state index contributed by atoms with van der Waals surface area (Å²) in [6.07, 6.45) is 1.68. The van der Waals surface area contributed by atoms with E-state index in [-0.39, 0.29) is 0 Å². The van der Waals surface area contributed by atoms with Gasteiger partial charge in [0.25, 0.3) is 0 Å². The van der Waals surface area contributed by atoms with Crippen LogP contribution < -0.4 is 9.47 Å². The number of aromatic nitrogens is 1. The molecule has 0 atom stereocenters. The molecule has 0 radical (unpaired) electrons. The number of pyridine rings is 1. The standard InChI is InChI=1S/C24H20ClNO2/c1-16(2)17-6-7-19-14-20(9-8-18(19)13-17)27-23-11-10-21(15-22(23)25)28-24-5-3-4-12-26-24/h3-16H,1-2H3. The minimum absolute atomic E-state index is 0.476. The average molecular weight is 390 g/mol. The van der Waals surface area contributed by atoms with Gasteiger partial charge in [0.15, 0.2) is 0 Å². The maximum atomic E-state index is 6.39. The molecule has 0 aliphatic heterocycles. The van der Waals surface area contributed by atoms with Crippen LogP contribution >= 0.6 is 11.6 Å². The smallest absolute Gasteiger partial charge is 0.219 e. The Morgan fingerprint density at radius 2 is 1.54 bits per heavy atom. The lowest BCUT2D eigenvalue weighted by molar-refractivity contribution is 0.457. The normalized spacial score (nSPS) is 11.0. The van der Waals surface area contributed by atoms with Crippen LogP contribution in [0.25, 0.3) is 10.8 Å². The van der Waals surface area contributed by atoms with Crippen LogP contribution in [0.3, 0.4) is 0 Å². The van der Waals surface area contributed by atoms with E-state index in [4.69, 9.17) is 21.1 Å². The van der Waals surface area contributed by atoms with Gasteiger partial charge in [-0.15, -0.1) is 0 Å². The van der Waals surface area contributed by atoms with Gasteiger partial charge < -0.3 is 9.47 Å². The Morgan fingerprint density at radius 3 is 2.29 bits per heavy atom. The van der Waals surface area contributed by atoms with E-state index in [1.54, 1.807) is 24.4 Å². The molecule has 28 heavy (non-hydrogen) atoms.